The average Bonchev–Trinajstić information content (AvgIpc) is 2.69. The summed E-state index contributed by atoms with van der Waals surface area (Å²) in [6.45, 7) is 1.38. The van der Waals surface area contributed by atoms with Crippen molar-refractivity contribution < 1.29 is 27.8 Å². The normalized spacial score (nSPS) is 22.8. The monoisotopic (exact) mass is 426 g/mol. The fraction of sp³-hybridized carbons (Fsp3) is 0.600. The van der Waals surface area contributed by atoms with Crippen LogP contribution in [0.15, 0.2) is 24.3 Å². The molecule has 2 aliphatic rings. The van der Waals surface area contributed by atoms with Crippen LogP contribution in [0.25, 0.3) is 0 Å². The standard InChI is InChI=1S/C20H25F3N4O3/c21-20(22,23)13-25-19(29)27-9-15-5-16(10-27)8-26(7-15)11-17(28)12-30-18-3-1-14(6-24)2-4-18/h1-4,15-17,28H,5,7-13H2,(H,25,29). The minimum Gasteiger partial charge on any atom is -0.491 e. The fourth-order valence-corrected chi connectivity index (χ4v) is 4.16. The number of carbonyl (C=O) groups excluding carboxylic acids is 1. The Kier molecular flexibility index (Phi) is 7.05. The fourth-order valence-electron chi connectivity index (χ4n) is 4.16. The van der Waals surface area contributed by atoms with E-state index in [2.05, 4.69) is 4.90 Å². The largest absolute Gasteiger partial charge is 0.491 e. The van der Waals surface area contributed by atoms with Gasteiger partial charge in [0.15, 0.2) is 0 Å². The first-order valence-electron chi connectivity index (χ1n) is 9.84. The lowest BCUT2D eigenvalue weighted by molar-refractivity contribution is -0.123. The number of benzene rings is 1. The van der Waals surface area contributed by atoms with E-state index in [1.54, 1.807) is 24.3 Å². The highest BCUT2D eigenvalue weighted by Crippen LogP contribution is 2.29. The molecule has 10 heteroatoms. The van der Waals surface area contributed by atoms with Crippen LogP contribution in [-0.4, -0.2) is 79.1 Å². The zero-order valence-corrected chi connectivity index (χ0v) is 16.4. The number of hydrogen-bond acceptors (Lipinski definition) is 5. The molecular formula is C20H25F3N4O3. The maximum Gasteiger partial charge on any atom is 0.405 e. The molecule has 30 heavy (non-hydrogen) atoms. The number of hydrogen-bond donors (Lipinski definition) is 2. The number of aliphatic hydroxyl groups excluding tert-OH is 1. The first kappa shape index (κ1) is 22.2. The van der Waals surface area contributed by atoms with Gasteiger partial charge in [-0.1, -0.05) is 0 Å². The molecule has 2 heterocycles. The SMILES string of the molecule is N#Cc1ccc(OCC(O)CN2CC3CC(C2)CN(C(=O)NCC(F)(F)F)C3)cc1. The van der Waals surface area contributed by atoms with Crippen LogP contribution in [0, 0.1) is 23.2 Å². The number of alkyl halides is 3. The van der Waals surface area contributed by atoms with E-state index >= 15 is 0 Å². The van der Waals surface area contributed by atoms with Crippen molar-refractivity contribution in [2.75, 3.05) is 45.9 Å². The Morgan fingerprint density at radius 3 is 2.43 bits per heavy atom. The van der Waals surface area contributed by atoms with Crippen molar-refractivity contribution in [1.29, 1.82) is 5.26 Å². The van der Waals surface area contributed by atoms with Gasteiger partial charge in [-0.25, -0.2) is 4.79 Å². The number of carbonyl (C=O) groups is 1. The molecule has 1 aromatic rings. The predicted molar refractivity (Wildman–Crippen MR) is 102 cm³/mol. The molecule has 0 aromatic heterocycles. The van der Waals surface area contributed by atoms with Crippen molar-refractivity contribution in [3.05, 3.63) is 29.8 Å². The van der Waals surface area contributed by atoms with Crippen LogP contribution in [0.2, 0.25) is 0 Å². The predicted octanol–water partition coefficient (Wildman–Crippen LogP) is 1.82. The van der Waals surface area contributed by atoms with E-state index in [1.807, 2.05) is 11.4 Å². The summed E-state index contributed by atoms with van der Waals surface area (Å²) in [5, 5.41) is 21.0. The summed E-state index contributed by atoms with van der Waals surface area (Å²) in [7, 11) is 0. The van der Waals surface area contributed by atoms with E-state index in [1.165, 1.54) is 4.90 Å². The lowest BCUT2D eigenvalue weighted by Crippen LogP contribution is -2.57. The van der Waals surface area contributed by atoms with Crippen LogP contribution < -0.4 is 10.1 Å². The van der Waals surface area contributed by atoms with Gasteiger partial charge in [-0.2, -0.15) is 18.4 Å². The Bertz CT molecular complexity index is 752. The van der Waals surface area contributed by atoms with Gasteiger partial charge in [-0.05, 0) is 42.5 Å². The summed E-state index contributed by atoms with van der Waals surface area (Å²) >= 11 is 0. The van der Waals surface area contributed by atoms with Gasteiger partial charge in [0.05, 0.1) is 11.6 Å². The Hall–Kier alpha value is -2.51. The second-order valence-electron chi connectivity index (χ2n) is 7.97. The molecule has 7 nitrogen and oxygen atoms in total. The summed E-state index contributed by atoms with van der Waals surface area (Å²) < 4.78 is 42.5. The molecule has 3 atom stereocenters. The molecule has 2 N–H and O–H groups in total. The first-order chi connectivity index (χ1) is 14.2. The zero-order valence-electron chi connectivity index (χ0n) is 16.4. The third-order valence-corrected chi connectivity index (χ3v) is 5.28. The van der Waals surface area contributed by atoms with Crippen molar-refractivity contribution in [3.8, 4) is 11.8 Å². The molecule has 3 rings (SSSR count). The number of urea groups is 1. The molecule has 2 fully saturated rings. The van der Waals surface area contributed by atoms with Crippen LogP contribution in [0.3, 0.4) is 0 Å². The van der Waals surface area contributed by atoms with Crippen molar-refractivity contribution in [3.63, 3.8) is 0 Å². The van der Waals surface area contributed by atoms with Gasteiger partial charge in [-0.15, -0.1) is 0 Å². The summed E-state index contributed by atoms with van der Waals surface area (Å²) in [6.07, 6.45) is -4.20. The average molecular weight is 426 g/mol. The minimum atomic E-state index is -4.42. The van der Waals surface area contributed by atoms with E-state index in [-0.39, 0.29) is 18.4 Å². The van der Waals surface area contributed by atoms with Gasteiger partial charge < -0.3 is 20.1 Å². The van der Waals surface area contributed by atoms with E-state index in [9.17, 15) is 23.1 Å². The summed E-state index contributed by atoms with van der Waals surface area (Å²) in [5.74, 6) is 0.908. The highest BCUT2D eigenvalue weighted by atomic mass is 19.4. The molecule has 2 aliphatic heterocycles. The Morgan fingerprint density at radius 1 is 1.23 bits per heavy atom. The maximum absolute atomic E-state index is 12.3. The summed E-state index contributed by atoms with van der Waals surface area (Å²) in [5.41, 5.74) is 0.531. The van der Waals surface area contributed by atoms with Gasteiger partial charge in [0.25, 0.3) is 0 Å². The number of nitrogens with zero attached hydrogens (tertiary/aromatic N) is 3. The van der Waals surface area contributed by atoms with Crippen LogP contribution in [0.4, 0.5) is 18.0 Å². The third-order valence-electron chi connectivity index (χ3n) is 5.28. The number of rotatable bonds is 6. The van der Waals surface area contributed by atoms with E-state index in [0.717, 1.165) is 6.42 Å². The van der Waals surface area contributed by atoms with Crippen molar-refractivity contribution >= 4 is 6.03 Å². The topological polar surface area (TPSA) is 88.8 Å². The molecule has 2 bridgehead atoms. The van der Waals surface area contributed by atoms with Crippen LogP contribution in [-0.2, 0) is 0 Å². The van der Waals surface area contributed by atoms with Crippen LogP contribution in [0.1, 0.15) is 12.0 Å². The van der Waals surface area contributed by atoms with Crippen molar-refractivity contribution in [2.24, 2.45) is 11.8 Å². The van der Waals surface area contributed by atoms with Crippen molar-refractivity contribution in [2.45, 2.75) is 18.7 Å². The number of β-amino-alcohol motifs (C(OH)–C–C–N with tert-alkyl or cyclic N) is 1. The molecular weight excluding hydrogens is 401 g/mol. The lowest BCUT2D eigenvalue weighted by atomic mass is 9.84. The van der Waals surface area contributed by atoms with Crippen LogP contribution in [0.5, 0.6) is 5.75 Å². The Balaban J connectivity index is 1.42. The van der Waals surface area contributed by atoms with Gasteiger partial charge in [0, 0.05) is 32.7 Å². The molecule has 1 aromatic carbocycles. The minimum absolute atomic E-state index is 0.115. The molecule has 0 aliphatic carbocycles. The number of piperidine rings is 2. The van der Waals surface area contributed by atoms with E-state index in [0.29, 0.717) is 44.0 Å². The van der Waals surface area contributed by atoms with Crippen LogP contribution >= 0.6 is 0 Å². The highest BCUT2D eigenvalue weighted by molar-refractivity contribution is 5.74. The summed E-state index contributed by atoms with van der Waals surface area (Å²) in [4.78, 5) is 15.6. The van der Waals surface area contributed by atoms with E-state index < -0.39 is 24.9 Å². The maximum atomic E-state index is 12.3. The molecule has 0 radical (unpaired) electrons. The Morgan fingerprint density at radius 2 is 1.87 bits per heavy atom. The molecule has 0 saturated carbocycles. The third kappa shape index (κ3) is 6.50. The van der Waals surface area contributed by atoms with Gasteiger partial charge in [-0.3, -0.25) is 4.90 Å². The number of aliphatic hydroxyl groups is 1. The highest BCUT2D eigenvalue weighted by Gasteiger charge is 2.37. The van der Waals surface area contributed by atoms with Gasteiger partial charge in [0.2, 0.25) is 0 Å². The molecule has 0 spiro atoms. The quantitative estimate of drug-likeness (QED) is 0.725. The number of nitrogens with one attached hydrogen (secondary N) is 1. The smallest absolute Gasteiger partial charge is 0.405 e. The van der Waals surface area contributed by atoms with Gasteiger partial charge in [0.1, 0.15) is 25.0 Å². The lowest BCUT2D eigenvalue weighted by Gasteiger charge is -2.46. The number of fused-ring (bicyclic) bond motifs is 2. The molecule has 3 unspecified atom stereocenters. The molecule has 2 saturated heterocycles. The molecule has 164 valence electrons. The van der Waals surface area contributed by atoms with E-state index in [4.69, 9.17) is 10.00 Å². The number of likely N-dealkylation sites (tertiary alicyclic amines) is 2. The number of nitriles is 1. The second-order valence-corrected chi connectivity index (χ2v) is 7.97. The number of halogens is 3. The second kappa shape index (κ2) is 9.53. The zero-order chi connectivity index (χ0) is 21.7. The number of ether oxygens (including phenoxy) is 1. The number of amides is 2. The first-order valence-corrected chi connectivity index (χ1v) is 9.84. The van der Waals surface area contributed by atoms with Gasteiger partial charge >= 0.3 is 12.2 Å². The van der Waals surface area contributed by atoms with Crippen molar-refractivity contribution in [1.82, 2.24) is 15.1 Å². The Labute approximate surface area is 173 Å². The summed E-state index contributed by atoms with van der Waals surface area (Å²) in [6, 6.07) is 7.99. The molecule has 2 amide bonds.